The summed E-state index contributed by atoms with van der Waals surface area (Å²) in [6.45, 7) is 7.05. The fourth-order valence-electron chi connectivity index (χ4n) is 5.29. The summed E-state index contributed by atoms with van der Waals surface area (Å²) in [5.74, 6) is -0.0593. The molecule has 16 nitrogen and oxygen atoms in total. The van der Waals surface area contributed by atoms with Gasteiger partial charge in [-0.05, 0) is 44.0 Å². The zero-order valence-corrected chi connectivity index (χ0v) is 32.5. The number of carbonyl (C=O) groups is 4. The van der Waals surface area contributed by atoms with Gasteiger partial charge in [-0.15, -0.1) is 34.9 Å². The topological polar surface area (TPSA) is 197 Å². The molecule has 0 aliphatic carbocycles. The number of hydrogen-bond donors (Lipinski definition) is 3. The quantitative estimate of drug-likeness (QED) is 0.0570. The Morgan fingerprint density at radius 3 is 2.49 bits per heavy atom. The van der Waals surface area contributed by atoms with Crippen LogP contribution in [0.1, 0.15) is 37.7 Å². The van der Waals surface area contributed by atoms with Crippen LogP contribution in [-0.2, 0) is 35.3 Å². The first-order valence-electron chi connectivity index (χ1n) is 16.1. The molecule has 0 spiro atoms. The van der Waals surface area contributed by atoms with E-state index >= 15 is 0 Å². The summed E-state index contributed by atoms with van der Waals surface area (Å²) in [5, 5.41) is 7.72. The minimum Gasteiger partial charge on any atom is -0.497 e. The van der Waals surface area contributed by atoms with Crippen LogP contribution >= 0.6 is 34.9 Å². The van der Waals surface area contributed by atoms with Crippen LogP contribution in [0, 0.1) is 6.92 Å². The summed E-state index contributed by atoms with van der Waals surface area (Å²) < 4.78 is 23.6. The summed E-state index contributed by atoms with van der Waals surface area (Å²) in [4.78, 5) is 64.4. The molecule has 0 radical (unpaired) electrons. The fourth-order valence-corrected chi connectivity index (χ4v) is 8.40. The molecule has 2 aliphatic heterocycles. The van der Waals surface area contributed by atoms with Gasteiger partial charge in [0, 0.05) is 29.9 Å². The largest absolute Gasteiger partial charge is 0.497 e. The molecule has 0 bridgehead atoms. The van der Waals surface area contributed by atoms with Crippen LogP contribution in [0.25, 0.3) is 0 Å². The Hall–Kier alpha value is -5.01. The molecule has 2 atom stereocenters. The Kier molecular flexibility index (Phi) is 12.4. The summed E-state index contributed by atoms with van der Waals surface area (Å²) in [7, 11) is 4.37. The lowest BCUT2D eigenvalue weighted by Gasteiger charge is -2.49. The smallest absolute Gasteiger partial charge is 0.461 e. The van der Waals surface area contributed by atoms with E-state index in [4.69, 9.17) is 29.5 Å². The van der Waals surface area contributed by atoms with Crippen molar-refractivity contribution in [1.82, 2.24) is 15.2 Å². The van der Waals surface area contributed by atoms with Crippen molar-refractivity contribution in [1.29, 1.82) is 0 Å². The molecule has 3 aromatic rings. The number of ether oxygens (including phenoxy) is 4. The maximum Gasteiger partial charge on any atom is 0.461 e. The molecule has 0 unspecified atom stereocenters. The molecule has 1 fully saturated rings. The maximum atomic E-state index is 13.8. The van der Waals surface area contributed by atoms with Gasteiger partial charge in [-0.3, -0.25) is 14.5 Å². The minimum atomic E-state index is -0.964. The lowest BCUT2D eigenvalue weighted by molar-refractivity contribution is -0.649. The van der Waals surface area contributed by atoms with Gasteiger partial charge in [0.1, 0.15) is 47.9 Å². The van der Waals surface area contributed by atoms with E-state index in [1.165, 1.54) is 47.3 Å². The van der Waals surface area contributed by atoms with Gasteiger partial charge in [0.15, 0.2) is 10.8 Å². The Morgan fingerprint density at radius 2 is 1.87 bits per heavy atom. The van der Waals surface area contributed by atoms with Crippen molar-refractivity contribution in [2.75, 3.05) is 44.0 Å². The van der Waals surface area contributed by atoms with Crippen molar-refractivity contribution in [3.05, 3.63) is 70.1 Å². The Morgan fingerprint density at radius 1 is 1.13 bits per heavy atom. The molecule has 2 aromatic heterocycles. The molecule has 4 N–H and O–H groups in total. The number of thiazole rings is 1. The van der Waals surface area contributed by atoms with Gasteiger partial charge < -0.3 is 34.8 Å². The van der Waals surface area contributed by atoms with Crippen molar-refractivity contribution >= 4 is 69.6 Å². The third kappa shape index (κ3) is 9.14. The standard InChI is InChI=1S/C34H39N7O9S3/c1-18-27(47-6)23(12-13-40(18)38-33(45)50-34(2,3)4)51-15-20-16-52-30-25(37-28(42)24(39-48-7)22-17-53-32(35)36-22)29(43)41(30)26(20)31(44)49-14-19-8-10-21(46-5)11-9-19/h8-13,17,25,30H,14-16H2,1-7H3,(H3-,35,36,37,38,42,45)/p+1/b39-24-/t25-,30-/m1/s1. The molecule has 5 rings (SSSR count). The van der Waals surface area contributed by atoms with Crippen molar-refractivity contribution in [2.24, 2.45) is 5.16 Å². The molecule has 2 aliphatic rings. The summed E-state index contributed by atoms with van der Waals surface area (Å²) >= 11 is 3.91. The third-order valence-corrected chi connectivity index (χ3v) is 10.9. The third-order valence-electron chi connectivity index (χ3n) is 7.72. The lowest BCUT2D eigenvalue weighted by atomic mass is 10.0. The second kappa shape index (κ2) is 16.8. The van der Waals surface area contributed by atoms with Crippen molar-refractivity contribution in [3.8, 4) is 11.5 Å². The number of benzene rings is 1. The number of β-lactam (4-membered cyclic amide) rings is 1. The molecule has 1 aromatic carbocycles. The number of pyridine rings is 1. The first-order valence-corrected chi connectivity index (χ1v) is 19.0. The second-order valence-electron chi connectivity index (χ2n) is 12.5. The molecular formula is C34H40N7O9S3+. The van der Waals surface area contributed by atoms with Crippen LogP contribution in [0.4, 0.5) is 9.93 Å². The van der Waals surface area contributed by atoms with E-state index in [-0.39, 0.29) is 28.8 Å². The molecular weight excluding hydrogens is 747 g/mol. The highest BCUT2D eigenvalue weighted by molar-refractivity contribution is 8.01. The van der Waals surface area contributed by atoms with Crippen molar-refractivity contribution in [3.63, 3.8) is 0 Å². The molecule has 3 amide bonds. The highest BCUT2D eigenvalue weighted by Crippen LogP contribution is 2.43. The average Bonchev–Trinajstić information content (AvgIpc) is 3.56. The zero-order chi connectivity index (χ0) is 38.4. The fraction of sp³-hybridized carbons (Fsp3) is 0.382. The van der Waals surface area contributed by atoms with Crippen LogP contribution in [0.15, 0.2) is 63.2 Å². The number of nitrogens with one attached hydrogen (secondary N) is 2. The van der Waals surface area contributed by atoms with Gasteiger partial charge in [-0.1, -0.05) is 27.4 Å². The molecule has 1 saturated heterocycles. The highest BCUT2D eigenvalue weighted by Gasteiger charge is 2.54. The van der Waals surface area contributed by atoms with Crippen LogP contribution < -0.4 is 30.6 Å². The van der Waals surface area contributed by atoms with Crippen LogP contribution in [0.3, 0.4) is 0 Å². The van der Waals surface area contributed by atoms with Crippen LogP contribution in [0.5, 0.6) is 11.5 Å². The number of anilines is 1. The van der Waals surface area contributed by atoms with Crippen LogP contribution in [-0.4, -0.2) is 89.3 Å². The predicted molar refractivity (Wildman–Crippen MR) is 199 cm³/mol. The number of fused-ring (bicyclic) bond motifs is 1. The summed E-state index contributed by atoms with van der Waals surface area (Å²) in [5.41, 5.74) is 9.89. The van der Waals surface area contributed by atoms with E-state index < -0.39 is 40.9 Å². The highest BCUT2D eigenvalue weighted by atomic mass is 32.2. The molecule has 4 heterocycles. The molecule has 282 valence electrons. The number of nitrogen functional groups attached to an aromatic ring is 1. The number of nitrogens with zero attached hydrogens (tertiary/aromatic N) is 4. The molecule has 19 heteroatoms. The Balaban J connectivity index is 1.38. The number of hydrogen-bond acceptors (Lipinski definition) is 15. The Labute approximate surface area is 318 Å². The van der Waals surface area contributed by atoms with Gasteiger partial charge >= 0.3 is 12.1 Å². The van der Waals surface area contributed by atoms with Gasteiger partial charge in [0.2, 0.25) is 11.9 Å². The number of esters is 1. The van der Waals surface area contributed by atoms with E-state index in [9.17, 15) is 19.2 Å². The van der Waals surface area contributed by atoms with Gasteiger partial charge in [-0.25, -0.2) is 14.6 Å². The summed E-state index contributed by atoms with van der Waals surface area (Å²) in [6, 6.07) is 7.87. The van der Waals surface area contributed by atoms with E-state index in [1.807, 2.05) is 0 Å². The van der Waals surface area contributed by atoms with Gasteiger partial charge in [0.05, 0.1) is 19.1 Å². The SMILES string of the molecule is CO/N=C(\C(=O)N[C@@H]1C(=O)N2C(C(=O)OCc3ccc(OC)cc3)=C(CSc3cc[n+](NC(=O)OC(C)(C)C)c(C)c3OC)CS[C@H]12)c1csc(N)n1. The second-order valence-corrected chi connectivity index (χ2v) is 15.5. The summed E-state index contributed by atoms with van der Waals surface area (Å²) in [6.07, 6.45) is 1.04. The number of carbonyl (C=O) groups excluding carboxylic acids is 4. The monoisotopic (exact) mass is 786 g/mol. The number of amides is 3. The first-order chi connectivity index (χ1) is 25.2. The van der Waals surface area contributed by atoms with E-state index in [0.29, 0.717) is 34.3 Å². The van der Waals surface area contributed by atoms with Gasteiger partial charge in [0.25, 0.3) is 17.5 Å². The molecule has 53 heavy (non-hydrogen) atoms. The molecule has 0 saturated carbocycles. The zero-order valence-electron chi connectivity index (χ0n) is 30.1. The lowest BCUT2D eigenvalue weighted by Crippen LogP contribution is -2.71. The van der Waals surface area contributed by atoms with E-state index in [2.05, 4.69) is 20.9 Å². The number of rotatable bonds is 13. The number of thioether (sulfide) groups is 2. The number of methoxy groups -OCH3 is 2. The van der Waals surface area contributed by atoms with Crippen molar-refractivity contribution in [2.45, 2.75) is 56.2 Å². The van der Waals surface area contributed by atoms with E-state index in [0.717, 1.165) is 21.8 Å². The average molecular weight is 787 g/mol. The van der Waals surface area contributed by atoms with Crippen LogP contribution in [0.2, 0.25) is 0 Å². The number of aromatic nitrogens is 2. The number of oxime groups is 1. The first kappa shape index (κ1) is 39.2. The van der Waals surface area contributed by atoms with Gasteiger partial charge in [-0.2, -0.15) is 0 Å². The van der Waals surface area contributed by atoms with E-state index in [1.54, 1.807) is 76.7 Å². The Bertz CT molecular complexity index is 1940. The maximum absolute atomic E-state index is 13.8. The van der Waals surface area contributed by atoms with Crippen molar-refractivity contribution < 1.29 is 47.6 Å². The number of nitrogens with two attached hydrogens (primary N) is 1. The predicted octanol–water partition coefficient (Wildman–Crippen LogP) is 3.36. The minimum absolute atomic E-state index is 0.0449. The normalized spacial score (nSPS) is 17.0.